The van der Waals surface area contributed by atoms with Crippen LogP contribution in [0, 0.1) is 23.2 Å². The Labute approximate surface area is 165 Å². The Balaban J connectivity index is 1.46. The lowest BCUT2D eigenvalue weighted by molar-refractivity contribution is -0.162. The van der Waals surface area contributed by atoms with E-state index in [1.165, 1.54) is 26.3 Å². The molecule has 5 rings (SSSR count). The number of nitrogens with one attached hydrogen (secondary N) is 2. The van der Waals surface area contributed by atoms with Crippen LogP contribution in [0.5, 0.6) is 0 Å². The zero-order valence-corrected chi connectivity index (χ0v) is 16.3. The molecule has 6 nitrogen and oxygen atoms in total. The molecule has 4 fully saturated rings. The summed E-state index contributed by atoms with van der Waals surface area (Å²) in [5.41, 5.74) is 0.604. The van der Waals surface area contributed by atoms with E-state index in [1.807, 2.05) is 6.07 Å². The third-order valence-electron chi connectivity index (χ3n) is 6.74. The van der Waals surface area contributed by atoms with Crippen LogP contribution in [0.3, 0.4) is 0 Å². The molecule has 3 amide bonds. The second kappa shape index (κ2) is 7.57. The maximum absolute atomic E-state index is 12.9. The maximum atomic E-state index is 12.9. The van der Waals surface area contributed by atoms with Crippen LogP contribution in [0.15, 0.2) is 30.3 Å². The van der Waals surface area contributed by atoms with Crippen LogP contribution in [-0.4, -0.2) is 25.0 Å². The third-order valence-corrected chi connectivity index (χ3v) is 6.74. The normalized spacial score (nSPS) is 31.1. The van der Waals surface area contributed by atoms with Crippen molar-refractivity contribution in [3.63, 3.8) is 0 Å². The second-order valence-electron chi connectivity index (χ2n) is 8.94. The van der Waals surface area contributed by atoms with Gasteiger partial charge in [-0.15, -0.1) is 0 Å². The molecule has 0 aromatic heterocycles. The largest absolute Gasteiger partial charge is 0.447 e. The molecule has 2 N–H and O–H groups in total. The lowest BCUT2D eigenvalue weighted by atomic mass is 9.49. The van der Waals surface area contributed by atoms with Crippen LogP contribution < -0.4 is 10.6 Å². The van der Waals surface area contributed by atoms with Crippen molar-refractivity contribution in [2.24, 2.45) is 23.2 Å². The van der Waals surface area contributed by atoms with E-state index in [2.05, 4.69) is 10.6 Å². The summed E-state index contributed by atoms with van der Waals surface area (Å²) >= 11 is 0. The lowest BCUT2D eigenvalue weighted by Gasteiger charge is -2.56. The van der Waals surface area contributed by atoms with E-state index in [0.717, 1.165) is 37.0 Å². The molecule has 4 aliphatic rings. The van der Waals surface area contributed by atoms with E-state index in [-0.39, 0.29) is 11.4 Å². The highest BCUT2D eigenvalue weighted by molar-refractivity contribution is 5.97. The molecule has 1 aromatic rings. The number of hydrogen-bond donors (Lipinski definition) is 2. The number of urea groups is 1. The van der Waals surface area contributed by atoms with E-state index in [9.17, 15) is 14.4 Å². The average molecular weight is 384 g/mol. The van der Waals surface area contributed by atoms with Crippen LogP contribution in [0.1, 0.15) is 56.6 Å². The van der Waals surface area contributed by atoms with Crippen molar-refractivity contribution in [2.75, 3.05) is 7.05 Å². The Morgan fingerprint density at radius 2 is 1.61 bits per heavy atom. The molecule has 0 heterocycles. The monoisotopic (exact) mass is 384 g/mol. The quantitative estimate of drug-likeness (QED) is 0.763. The Morgan fingerprint density at radius 1 is 1.04 bits per heavy atom. The molecule has 0 aliphatic heterocycles. The SMILES string of the molecule is CNC(=O)NC(=O)[C@@H](OC(=O)CC12CC3CC(CC(C3)C1)C2)c1ccccc1. The van der Waals surface area contributed by atoms with Crippen molar-refractivity contribution in [1.29, 1.82) is 0 Å². The summed E-state index contributed by atoms with van der Waals surface area (Å²) in [6.07, 6.45) is 6.51. The minimum absolute atomic E-state index is 0.0460. The molecule has 4 saturated carbocycles. The number of carbonyl (C=O) groups is 3. The molecule has 4 bridgehead atoms. The van der Waals surface area contributed by atoms with Gasteiger partial charge in [0.1, 0.15) is 0 Å². The fourth-order valence-electron chi connectivity index (χ4n) is 6.13. The number of benzene rings is 1. The van der Waals surface area contributed by atoms with Crippen LogP contribution >= 0.6 is 0 Å². The molecular formula is C22H28N2O4. The van der Waals surface area contributed by atoms with Gasteiger partial charge in [0.05, 0.1) is 6.42 Å². The Hall–Kier alpha value is -2.37. The molecule has 28 heavy (non-hydrogen) atoms. The predicted molar refractivity (Wildman–Crippen MR) is 103 cm³/mol. The van der Waals surface area contributed by atoms with Crippen LogP contribution in [-0.2, 0) is 14.3 Å². The number of hydrogen-bond acceptors (Lipinski definition) is 4. The first kappa shape index (κ1) is 19.0. The van der Waals surface area contributed by atoms with Crippen molar-refractivity contribution >= 4 is 17.9 Å². The summed E-state index contributed by atoms with van der Waals surface area (Å²) in [6, 6.07) is 8.22. The van der Waals surface area contributed by atoms with Crippen molar-refractivity contribution < 1.29 is 19.1 Å². The van der Waals surface area contributed by atoms with Crippen molar-refractivity contribution in [2.45, 2.75) is 51.0 Å². The van der Waals surface area contributed by atoms with Gasteiger partial charge in [0.25, 0.3) is 5.91 Å². The molecule has 0 spiro atoms. The smallest absolute Gasteiger partial charge is 0.321 e. The van der Waals surface area contributed by atoms with E-state index in [1.54, 1.807) is 24.3 Å². The number of rotatable bonds is 5. The predicted octanol–water partition coefficient (Wildman–Crippen LogP) is 3.33. The van der Waals surface area contributed by atoms with Gasteiger partial charge in [-0.05, 0) is 61.7 Å². The van der Waals surface area contributed by atoms with E-state index >= 15 is 0 Å². The fraction of sp³-hybridized carbons (Fsp3) is 0.591. The van der Waals surface area contributed by atoms with Gasteiger partial charge in [-0.1, -0.05) is 30.3 Å². The molecule has 4 aliphatic carbocycles. The number of esters is 1. The highest BCUT2D eigenvalue weighted by Crippen LogP contribution is 2.61. The van der Waals surface area contributed by atoms with Gasteiger partial charge in [0, 0.05) is 12.6 Å². The average Bonchev–Trinajstić information content (AvgIpc) is 2.65. The standard InChI is InChI=1S/C22H28N2O4/c1-23-21(27)24-20(26)19(17-5-3-2-4-6-17)28-18(25)13-22-10-14-7-15(11-22)9-16(8-14)12-22/h2-6,14-16,19H,7-13H2,1H3,(H2,23,24,26,27)/t14?,15?,16?,19-,22?/m0/s1. The van der Waals surface area contributed by atoms with Gasteiger partial charge >= 0.3 is 12.0 Å². The van der Waals surface area contributed by atoms with E-state index in [0.29, 0.717) is 12.0 Å². The Morgan fingerprint density at radius 3 is 2.14 bits per heavy atom. The zero-order chi connectivity index (χ0) is 19.7. The highest BCUT2D eigenvalue weighted by atomic mass is 16.5. The Bertz CT molecular complexity index is 726. The first-order valence-electron chi connectivity index (χ1n) is 10.2. The van der Waals surface area contributed by atoms with Gasteiger partial charge in [0.2, 0.25) is 6.10 Å². The zero-order valence-electron chi connectivity index (χ0n) is 16.3. The summed E-state index contributed by atoms with van der Waals surface area (Å²) < 4.78 is 5.65. The highest BCUT2D eigenvalue weighted by Gasteiger charge is 2.51. The Kier molecular flexibility index (Phi) is 5.13. The van der Waals surface area contributed by atoms with Gasteiger partial charge in [0.15, 0.2) is 0 Å². The summed E-state index contributed by atoms with van der Waals surface area (Å²) in [4.78, 5) is 37.0. The number of imide groups is 1. The molecular weight excluding hydrogens is 356 g/mol. The third kappa shape index (κ3) is 3.91. The first-order valence-corrected chi connectivity index (χ1v) is 10.2. The van der Waals surface area contributed by atoms with Crippen LogP contribution in [0.4, 0.5) is 4.79 Å². The summed E-state index contributed by atoms with van der Waals surface area (Å²) in [7, 11) is 1.43. The topological polar surface area (TPSA) is 84.5 Å². The fourth-order valence-corrected chi connectivity index (χ4v) is 6.13. The van der Waals surface area contributed by atoms with Crippen LogP contribution in [0.25, 0.3) is 0 Å². The van der Waals surface area contributed by atoms with Gasteiger partial charge in [-0.2, -0.15) is 0 Å². The summed E-state index contributed by atoms with van der Waals surface area (Å²) in [6.45, 7) is 0. The van der Waals surface area contributed by atoms with Gasteiger partial charge in [-0.3, -0.25) is 14.9 Å². The first-order chi connectivity index (χ1) is 13.5. The minimum Gasteiger partial charge on any atom is -0.447 e. The molecule has 0 radical (unpaired) electrons. The maximum Gasteiger partial charge on any atom is 0.321 e. The molecule has 1 aromatic carbocycles. The van der Waals surface area contributed by atoms with Crippen molar-refractivity contribution in [3.8, 4) is 0 Å². The molecule has 150 valence electrons. The number of amides is 3. The molecule has 6 heteroatoms. The molecule has 0 saturated heterocycles. The summed E-state index contributed by atoms with van der Waals surface area (Å²) in [5.74, 6) is 1.27. The van der Waals surface area contributed by atoms with Crippen molar-refractivity contribution in [1.82, 2.24) is 10.6 Å². The van der Waals surface area contributed by atoms with E-state index < -0.39 is 18.0 Å². The summed E-state index contributed by atoms with van der Waals surface area (Å²) in [5, 5.41) is 4.57. The number of ether oxygens (including phenoxy) is 1. The molecule has 1 atom stereocenters. The number of carbonyl (C=O) groups excluding carboxylic acids is 3. The van der Waals surface area contributed by atoms with Gasteiger partial charge < -0.3 is 10.1 Å². The molecule has 0 unspecified atom stereocenters. The minimum atomic E-state index is -1.13. The lowest BCUT2D eigenvalue weighted by Crippen LogP contribution is -2.47. The van der Waals surface area contributed by atoms with E-state index in [4.69, 9.17) is 4.74 Å². The van der Waals surface area contributed by atoms with Gasteiger partial charge in [-0.25, -0.2) is 4.79 Å². The second-order valence-corrected chi connectivity index (χ2v) is 8.94. The van der Waals surface area contributed by atoms with Crippen LogP contribution in [0.2, 0.25) is 0 Å². The van der Waals surface area contributed by atoms with Crippen molar-refractivity contribution in [3.05, 3.63) is 35.9 Å².